The summed E-state index contributed by atoms with van der Waals surface area (Å²) in [6.07, 6.45) is 0. The van der Waals surface area contributed by atoms with Crippen molar-refractivity contribution in [2.24, 2.45) is 0 Å². The van der Waals surface area contributed by atoms with Crippen LogP contribution in [0.3, 0.4) is 0 Å². The zero-order valence-electron chi connectivity index (χ0n) is 9.34. The van der Waals surface area contributed by atoms with E-state index in [1.54, 1.807) is 19.1 Å². The predicted molar refractivity (Wildman–Crippen MR) is 62.3 cm³/mol. The molecule has 1 aromatic heterocycles. The smallest absolute Gasteiger partial charge is 0.357 e. The van der Waals surface area contributed by atoms with Gasteiger partial charge in [0.2, 0.25) is 0 Å². The maximum Gasteiger partial charge on any atom is 0.357 e. The number of nitrogens with zero attached hydrogens (tertiary/aromatic N) is 1. The fraction of sp³-hybridized carbons (Fsp3) is 0.167. The molecule has 0 saturated heterocycles. The van der Waals surface area contributed by atoms with E-state index in [-0.39, 0.29) is 17.9 Å². The highest BCUT2D eigenvalue weighted by molar-refractivity contribution is 5.88. The number of para-hydroxylation sites is 1. The van der Waals surface area contributed by atoms with Gasteiger partial charge in [-0.25, -0.2) is 9.48 Å². The molecule has 2 aromatic rings. The van der Waals surface area contributed by atoms with Gasteiger partial charge in [-0.1, -0.05) is 18.2 Å². The van der Waals surface area contributed by atoms with Gasteiger partial charge < -0.3 is 4.74 Å². The molecule has 17 heavy (non-hydrogen) atoms. The average Bonchev–Trinajstić information content (AvgIpc) is 2.73. The summed E-state index contributed by atoms with van der Waals surface area (Å²) in [5.41, 5.74) is 0.567. The lowest BCUT2D eigenvalue weighted by Crippen LogP contribution is -2.12. The second-order valence-corrected chi connectivity index (χ2v) is 3.40. The Hall–Kier alpha value is -2.30. The third-order valence-corrected chi connectivity index (χ3v) is 2.23. The standard InChI is InChI=1S/C12H12N2O3/c1-2-17-12(16)10-8-11(15)13-14(10)9-6-4-3-5-7-9/h3-8H,2H2,1H3,(H,13,15). The summed E-state index contributed by atoms with van der Waals surface area (Å²) in [4.78, 5) is 23.0. The Kier molecular flexibility index (Phi) is 3.09. The molecule has 0 aliphatic carbocycles. The third-order valence-electron chi connectivity index (χ3n) is 2.23. The van der Waals surface area contributed by atoms with Crippen molar-refractivity contribution in [1.29, 1.82) is 0 Å². The number of hydrogen-bond donors (Lipinski definition) is 1. The van der Waals surface area contributed by atoms with E-state index in [2.05, 4.69) is 5.10 Å². The first-order chi connectivity index (χ1) is 8.22. The van der Waals surface area contributed by atoms with Crippen molar-refractivity contribution in [2.75, 3.05) is 6.61 Å². The number of nitrogens with one attached hydrogen (secondary N) is 1. The van der Waals surface area contributed by atoms with Gasteiger partial charge in [-0.15, -0.1) is 0 Å². The zero-order valence-corrected chi connectivity index (χ0v) is 9.34. The lowest BCUT2D eigenvalue weighted by atomic mass is 10.3. The highest BCUT2D eigenvalue weighted by atomic mass is 16.5. The maximum absolute atomic E-state index is 11.7. The Morgan fingerprint density at radius 1 is 1.35 bits per heavy atom. The Morgan fingerprint density at radius 3 is 2.71 bits per heavy atom. The fourth-order valence-corrected chi connectivity index (χ4v) is 1.53. The van der Waals surface area contributed by atoms with Gasteiger partial charge in [0.15, 0.2) is 5.69 Å². The molecule has 0 spiro atoms. The number of aromatic nitrogens is 2. The van der Waals surface area contributed by atoms with Crippen LogP contribution in [0, 0.1) is 0 Å². The van der Waals surface area contributed by atoms with Crippen molar-refractivity contribution in [3.05, 3.63) is 52.4 Å². The Labute approximate surface area is 97.6 Å². The van der Waals surface area contributed by atoms with Gasteiger partial charge in [0.25, 0.3) is 5.56 Å². The molecule has 0 saturated carbocycles. The Balaban J connectivity index is 2.48. The monoisotopic (exact) mass is 232 g/mol. The quantitative estimate of drug-likeness (QED) is 0.812. The molecule has 1 N–H and O–H groups in total. The lowest BCUT2D eigenvalue weighted by Gasteiger charge is -2.06. The summed E-state index contributed by atoms with van der Waals surface area (Å²) in [5.74, 6) is -0.519. The SMILES string of the molecule is CCOC(=O)c1cc(=O)[nH]n1-c1ccccc1. The molecule has 2 rings (SSSR count). The van der Waals surface area contributed by atoms with Crippen LogP contribution in [0.2, 0.25) is 0 Å². The van der Waals surface area contributed by atoms with Gasteiger partial charge in [0.1, 0.15) is 0 Å². The first-order valence-electron chi connectivity index (χ1n) is 5.27. The number of carbonyl (C=O) groups excluding carboxylic acids is 1. The molecule has 0 aliphatic heterocycles. The van der Waals surface area contributed by atoms with E-state index in [0.717, 1.165) is 0 Å². The molecule has 0 atom stereocenters. The largest absolute Gasteiger partial charge is 0.461 e. The summed E-state index contributed by atoms with van der Waals surface area (Å²) in [7, 11) is 0. The van der Waals surface area contributed by atoms with Crippen LogP contribution in [0.1, 0.15) is 17.4 Å². The minimum Gasteiger partial charge on any atom is -0.461 e. The summed E-state index contributed by atoms with van der Waals surface area (Å²) >= 11 is 0. The maximum atomic E-state index is 11.7. The third kappa shape index (κ3) is 2.28. The van der Waals surface area contributed by atoms with E-state index in [1.807, 2.05) is 18.2 Å². The molecule has 5 heteroatoms. The van der Waals surface area contributed by atoms with Crippen LogP contribution < -0.4 is 5.56 Å². The molecule has 0 amide bonds. The van der Waals surface area contributed by atoms with Gasteiger partial charge in [-0.3, -0.25) is 9.89 Å². The van der Waals surface area contributed by atoms with Crippen LogP contribution in [0.4, 0.5) is 0 Å². The van der Waals surface area contributed by atoms with Crippen molar-refractivity contribution < 1.29 is 9.53 Å². The van der Waals surface area contributed by atoms with Crippen LogP contribution in [0.15, 0.2) is 41.2 Å². The number of H-pyrrole nitrogens is 1. The highest BCUT2D eigenvalue weighted by Gasteiger charge is 2.15. The van der Waals surface area contributed by atoms with Gasteiger partial charge in [-0.2, -0.15) is 0 Å². The number of hydrogen-bond acceptors (Lipinski definition) is 3. The number of rotatable bonds is 3. The van der Waals surface area contributed by atoms with Crippen molar-refractivity contribution in [2.45, 2.75) is 6.92 Å². The van der Waals surface area contributed by atoms with Crippen LogP contribution in [-0.4, -0.2) is 22.4 Å². The molecular formula is C12H12N2O3. The number of aromatic amines is 1. The van der Waals surface area contributed by atoms with E-state index in [0.29, 0.717) is 5.69 Å². The van der Waals surface area contributed by atoms with E-state index in [4.69, 9.17) is 4.74 Å². The van der Waals surface area contributed by atoms with E-state index in [1.165, 1.54) is 10.7 Å². The lowest BCUT2D eigenvalue weighted by molar-refractivity contribution is 0.0516. The van der Waals surface area contributed by atoms with Gasteiger partial charge in [-0.05, 0) is 19.1 Å². The molecular weight excluding hydrogens is 220 g/mol. The molecule has 1 heterocycles. The van der Waals surface area contributed by atoms with E-state index < -0.39 is 5.97 Å². The number of benzene rings is 1. The molecule has 5 nitrogen and oxygen atoms in total. The molecule has 1 aromatic carbocycles. The molecule has 0 fully saturated rings. The normalized spacial score (nSPS) is 10.2. The van der Waals surface area contributed by atoms with E-state index >= 15 is 0 Å². The summed E-state index contributed by atoms with van der Waals surface area (Å²) in [6, 6.07) is 10.3. The molecule has 0 unspecified atom stereocenters. The van der Waals surface area contributed by atoms with Crippen molar-refractivity contribution in [3.8, 4) is 5.69 Å². The van der Waals surface area contributed by atoms with E-state index in [9.17, 15) is 9.59 Å². The van der Waals surface area contributed by atoms with Crippen LogP contribution >= 0.6 is 0 Å². The summed E-state index contributed by atoms with van der Waals surface area (Å²) < 4.78 is 6.30. The minimum absolute atomic E-state index is 0.197. The van der Waals surface area contributed by atoms with Gasteiger partial charge in [0.05, 0.1) is 12.3 Å². The number of carbonyl (C=O) groups is 1. The van der Waals surface area contributed by atoms with Crippen molar-refractivity contribution >= 4 is 5.97 Å². The van der Waals surface area contributed by atoms with Crippen LogP contribution in [-0.2, 0) is 4.74 Å². The topological polar surface area (TPSA) is 64.1 Å². The zero-order chi connectivity index (χ0) is 12.3. The number of ether oxygens (including phenoxy) is 1. The van der Waals surface area contributed by atoms with Crippen LogP contribution in [0.25, 0.3) is 5.69 Å². The molecule has 0 bridgehead atoms. The van der Waals surface area contributed by atoms with Crippen molar-refractivity contribution in [1.82, 2.24) is 9.78 Å². The summed E-state index contributed by atoms with van der Waals surface area (Å²) in [5, 5.41) is 2.56. The highest BCUT2D eigenvalue weighted by Crippen LogP contribution is 2.09. The fourth-order valence-electron chi connectivity index (χ4n) is 1.53. The number of esters is 1. The Morgan fingerprint density at radius 2 is 2.06 bits per heavy atom. The predicted octanol–water partition coefficient (Wildman–Crippen LogP) is 1.34. The minimum atomic E-state index is -0.519. The van der Waals surface area contributed by atoms with Gasteiger partial charge in [0, 0.05) is 6.07 Å². The van der Waals surface area contributed by atoms with Gasteiger partial charge >= 0.3 is 5.97 Å². The molecule has 0 radical (unpaired) electrons. The van der Waals surface area contributed by atoms with Crippen molar-refractivity contribution in [3.63, 3.8) is 0 Å². The second-order valence-electron chi connectivity index (χ2n) is 3.40. The first kappa shape index (κ1) is 11.2. The average molecular weight is 232 g/mol. The second kappa shape index (κ2) is 4.69. The molecule has 0 aliphatic rings. The summed E-state index contributed by atoms with van der Waals surface area (Å²) in [6.45, 7) is 1.99. The first-order valence-corrected chi connectivity index (χ1v) is 5.27. The Bertz CT molecular complexity index is 569. The van der Waals surface area contributed by atoms with Crippen LogP contribution in [0.5, 0.6) is 0 Å². The molecule has 88 valence electrons.